The maximum absolute atomic E-state index is 13.0. The van der Waals surface area contributed by atoms with E-state index in [0.717, 1.165) is 30.5 Å². The Morgan fingerprint density at radius 3 is 2.96 bits per heavy atom. The molecule has 126 valence electrons. The van der Waals surface area contributed by atoms with Gasteiger partial charge in [0, 0.05) is 12.2 Å². The second kappa shape index (κ2) is 6.40. The molecular formula is C19H23N3O2. The van der Waals surface area contributed by atoms with E-state index in [1.54, 1.807) is 6.20 Å². The van der Waals surface area contributed by atoms with Crippen LogP contribution in [0, 0.1) is 6.92 Å². The highest BCUT2D eigenvalue weighted by molar-refractivity contribution is 5.95. The molecule has 0 bridgehead atoms. The lowest BCUT2D eigenvalue weighted by Crippen LogP contribution is -2.51. The van der Waals surface area contributed by atoms with E-state index in [-0.39, 0.29) is 18.1 Å². The summed E-state index contributed by atoms with van der Waals surface area (Å²) in [5.41, 5.74) is 2.84. The fourth-order valence-corrected chi connectivity index (χ4v) is 3.90. The zero-order valence-electron chi connectivity index (χ0n) is 14.0. The van der Waals surface area contributed by atoms with Crippen molar-refractivity contribution in [3.63, 3.8) is 0 Å². The monoisotopic (exact) mass is 325 g/mol. The molecule has 5 nitrogen and oxygen atoms in total. The van der Waals surface area contributed by atoms with Gasteiger partial charge in [0.15, 0.2) is 0 Å². The van der Waals surface area contributed by atoms with Crippen molar-refractivity contribution in [1.29, 1.82) is 0 Å². The topological polar surface area (TPSA) is 47.4 Å². The molecule has 5 heteroatoms. The highest BCUT2D eigenvalue weighted by atomic mass is 16.5. The van der Waals surface area contributed by atoms with Gasteiger partial charge in [-0.1, -0.05) is 30.3 Å². The van der Waals surface area contributed by atoms with E-state index in [9.17, 15) is 4.79 Å². The molecule has 1 saturated carbocycles. The Kier molecular flexibility index (Phi) is 4.10. The van der Waals surface area contributed by atoms with Crippen LogP contribution in [0.5, 0.6) is 0 Å². The molecule has 1 aliphatic heterocycles. The molecule has 1 aromatic heterocycles. The van der Waals surface area contributed by atoms with E-state index in [2.05, 4.69) is 17.2 Å². The summed E-state index contributed by atoms with van der Waals surface area (Å²) in [5, 5.41) is 4.45. The first kappa shape index (κ1) is 15.4. The van der Waals surface area contributed by atoms with Gasteiger partial charge in [-0.3, -0.25) is 9.48 Å². The Labute approximate surface area is 142 Å². The summed E-state index contributed by atoms with van der Waals surface area (Å²) in [4.78, 5) is 15.1. The number of carbonyl (C=O) groups excluding carboxylic acids is 1. The highest BCUT2D eigenvalue weighted by Gasteiger charge is 2.39. The lowest BCUT2D eigenvalue weighted by molar-refractivity contribution is -0.0445. The number of hydrogen-bond donors (Lipinski definition) is 0. The molecule has 0 radical (unpaired) electrons. The van der Waals surface area contributed by atoms with Crippen LogP contribution in [0.2, 0.25) is 0 Å². The normalized spacial score (nSPS) is 23.3. The largest absolute Gasteiger partial charge is 0.374 e. The SMILES string of the molecule is Cc1c(C(=O)N2CCO[C@H]3CCC[C@@H]32)cnn1Cc1ccccc1. The minimum Gasteiger partial charge on any atom is -0.374 e. The summed E-state index contributed by atoms with van der Waals surface area (Å²) < 4.78 is 7.73. The number of carbonyl (C=O) groups is 1. The third-order valence-corrected chi connectivity index (χ3v) is 5.25. The molecule has 2 aromatic rings. The lowest BCUT2D eigenvalue weighted by Gasteiger charge is -2.37. The summed E-state index contributed by atoms with van der Waals surface area (Å²) in [7, 11) is 0. The molecule has 2 atom stereocenters. The Hall–Kier alpha value is -2.14. The maximum Gasteiger partial charge on any atom is 0.257 e. The van der Waals surface area contributed by atoms with Crippen molar-refractivity contribution in [1.82, 2.24) is 14.7 Å². The van der Waals surface area contributed by atoms with E-state index >= 15 is 0 Å². The first-order valence-electron chi connectivity index (χ1n) is 8.73. The van der Waals surface area contributed by atoms with Crippen LogP contribution in [0.25, 0.3) is 0 Å². The first-order chi connectivity index (χ1) is 11.7. The summed E-state index contributed by atoms with van der Waals surface area (Å²) in [5.74, 6) is 0.104. The zero-order valence-corrected chi connectivity index (χ0v) is 14.0. The summed E-state index contributed by atoms with van der Waals surface area (Å²) in [6.07, 6.45) is 5.21. The average molecular weight is 325 g/mol. The minimum absolute atomic E-state index is 0.104. The van der Waals surface area contributed by atoms with Crippen molar-refractivity contribution in [2.75, 3.05) is 13.2 Å². The van der Waals surface area contributed by atoms with Crippen LogP contribution >= 0.6 is 0 Å². The molecule has 2 heterocycles. The smallest absolute Gasteiger partial charge is 0.257 e. The number of benzene rings is 1. The molecule has 1 aromatic carbocycles. The molecule has 0 unspecified atom stereocenters. The van der Waals surface area contributed by atoms with E-state index in [4.69, 9.17) is 4.74 Å². The molecule has 4 rings (SSSR count). The average Bonchev–Trinajstić information content (AvgIpc) is 3.22. The van der Waals surface area contributed by atoms with Crippen LogP contribution in [0.15, 0.2) is 36.5 Å². The second-order valence-corrected chi connectivity index (χ2v) is 6.69. The van der Waals surface area contributed by atoms with Crippen LogP contribution in [0.4, 0.5) is 0 Å². The third-order valence-electron chi connectivity index (χ3n) is 5.25. The van der Waals surface area contributed by atoms with Crippen LogP contribution in [-0.4, -0.2) is 45.9 Å². The first-order valence-corrected chi connectivity index (χ1v) is 8.73. The third kappa shape index (κ3) is 2.73. The molecule has 2 fully saturated rings. The number of aromatic nitrogens is 2. The van der Waals surface area contributed by atoms with Crippen molar-refractivity contribution in [2.24, 2.45) is 0 Å². The van der Waals surface area contributed by atoms with E-state index in [1.165, 1.54) is 5.56 Å². The zero-order chi connectivity index (χ0) is 16.5. The van der Waals surface area contributed by atoms with Gasteiger partial charge in [0.1, 0.15) is 0 Å². The maximum atomic E-state index is 13.0. The van der Waals surface area contributed by atoms with Gasteiger partial charge in [0.05, 0.1) is 37.1 Å². The van der Waals surface area contributed by atoms with Gasteiger partial charge >= 0.3 is 0 Å². The minimum atomic E-state index is 0.104. The number of ether oxygens (including phenoxy) is 1. The Balaban J connectivity index is 1.55. The molecular weight excluding hydrogens is 302 g/mol. The van der Waals surface area contributed by atoms with Gasteiger partial charge in [0.25, 0.3) is 5.91 Å². The molecule has 2 aliphatic rings. The molecule has 1 amide bonds. The van der Waals surface area contributed by atoms with Gasteiger partial charge in [-0.2, -0.15) is 5.10 Å². The van der Waals surface area contributed by atoms with E-state index in [1.807, 2.05) is 34.7 Å². The fraction of sp³-hybridized carbons (Fsp3) is 0.474. The van der Waals surface area contributed by atoms with Crippen LogP contribution in [0.3, 0.4) is 0 Å². The summed E-state index contributed by atoms with van der Waals surface area (Å²) in [6.45, 7) is 4.00. The molecule has 24 heavy (non-hydrogen) atoms. The number of nitrogens with zero attached hydrogens (tertiary/aromatic N) is 3. The molecule has 1 saturated heterocycles. The van der Waals surface area contributed by atoms with Crippen molar-refractivity contribution in [3.05, 3.63) is 53.3 Å². The van der Waals surface area contributed by atoms with Crippen molar-refractivity contribution < 1.29 is 9.53 Å². The Morgan fingerprint density at radius 2 is 2.12 bits per heavy atom. The van der Waals surface area contributed by atoms with Gasteiger partial charge in [0.2, 0.25) is 0 Å². The predicted octanol–water partition coefficient (Wildman–Crippen LogP) is 2.63. The number of fused-ring (bicyclic) bond motifs is 1. The molecule has 0 N–H and O–H groups in total. The van der Waals surface area contributed by atoms with E-state index in [0.29, 0.717) is 19.7 Å². The molecule has 0 spiro atoms. The van der Waals surface area contributed by atoms with Crippen molar-refractivity contribution in [3.8, 4) is 0 Å². The number of hydrogen-bond acceptors (Lipinski definition) is 3. The van der Waals surface area contributed by atoms with E-state index < -0.39 is 0 Å². The van der Waals surface area contributed by atoms with Gasteiger partial charge < -0.3 is 9.64 Å². The van der Waals surface area contributed by atoms with Gasteiger partial charge in [-0.15, -0.1) is 0 Å². The standard InChI is InChI=1S/C19H23N3O2/c1-14-16(12-20-22(14)13-15-6-3-2-4-7-15)19(23)21-10-11-24-18-9-5-8-17(18)21/h2-4,6-7,12,17-18H,5,8-11,13H2,1H3/t17-,18-/m0/s1. The highest BCUT2D eigenvalue weighted by Crippen LogP contribution is 2.31. The summed E-state index contributed by atoms with van der Waals surface area (Å²) in [6, 6.07) is 10.4. The van der Waals surface area contributed by atoms with Crippen LogP contribution in [0.1, 0.15) is 40.9 Å². The predicted molar refractivity (Wildman–Crippen MR) is 90.9 cm³/mol. The number of rotatable bonds is 3. The quantitative estimate of drug-likeness (QED) is 0.871. The Bertz CT molecular complexity index is 725. The van der Waals surface area contributed by atoms with Crippen molar-refractivity contribution in [2.45, 2.75) is 44.9 Å². The van der Waals surface area contributed by atoms with Gasteiger partial charge in [-0.05, 0) is 31.7 Å². The van der Waals surface area contributed by atoms with Crippen LogP contribution in [-0.2, 0) is 11.3 Å². The lowest BCUT2D eigenvalue weighted by atomic mass is 10.1. The molecule has 1 aliphatic carbocycles. The number of morpholine rings is 1. The van der Waals surface area contributed by atoms with Crippen LogP contribution < -0.4 is 0 Å². The Morgan fingerprint density at radius 1 is 1.29 bits per heavy atom. The fourth-order valence-electron chi connectivity index (χ4n) is 3.90. The summed E-state index contributed by atoms with van der Waals surface area (Å²) >= 11 is 0. The van der Waals surface area contributed by atoms with Gasteiger partial charge in [-0.25, -0.2) is 0 Å². The van der Waals surface area contributed by atoms with Crippen molar-refractivity contribution >= 4 is 5.91 Å². The number of amides is 1. The second-order valence-electron chi connectivity index (χ2n) is 6.69.